The van der Waals surface area contributed by atoms with Crippen LogP contribution in [0.15, 0.2) is 18.2 Å². The second-order valence-electron chi connectivity index (χ2n) is 5.19. The van der Waals surface area contributed by atoms with E-state index >= 15 is 0 Å². The van der Waals surface area contributed by atoms with Crippen molar-refractivity contribution in [3.8, 4) is 0 Å². The van der Waals surface area contributed by atoms with Crippen LogP contribution in [0.5, 0.6) is 0 Å². The Bertz CT molecular complexity index is 436. The number of pyridine rings is 1. The fourth-order valence-electron chi connectivity index (χ4n) is 2.49. The normalized spacial score (nSPS) is 23.1. The summed E-state index contributed by atoms with van der Waals surface area (Å²) >= 11 is 0. The number of nitrogens with two attached hydrogens (primary N) is 1. The summed E-state index contributed by atoms with van der Waals surface area (Å²) in [5, 5.41) is 0. The molecule has 2 rings (SSSR count). The van der Waals surface area contributed by atoms with Gasteiger partial charge < -0.3 is 4.74 Å². The maximum atomic E-state index is 11.4. The van der Waals surface area contributed by atoms with Crippen molar-refractivity contribution in [3.05, 3.63) is 29.6 Å². The smallest absolute Gasteiger partial charge is 0.283 e. The number of ether oxygens (including phenoxy) is 1. The second kappa shape index (κ2) is 6.63. The van der Waals surface area contributed by atoms with Crippen molar-refractivity contribution in [2.45, 2.75) is 45.3 Å². The van der Waals surface area contributed by atoms with Gasteiger partial charge in [0.2, 0.25) is 0 Å². The van der Waals surface area contributed by atoms with Crippen molar-refractivity contribution in [2.75, 3.05) is 0 Å². The summed E-state index contributed by atoms with van der Waals surface area (Å²) in [6.07, 6.45) is 5.08. The third-order valence-corrected chi connectivity index (χ3v) is 3.53. The largest absolute Gasteiger partial charge is 0.372 e. The van der Waals surface area contributed by atoms with Crippen LogP contribution in [0.25, 0.3) is 0 Å². The Morgan fingerprint density at radius 2 is 2.37 bits per heavy atom. The van der Waals surface area contributed by atoms with Crippen LogP contribution < -0.4 is 11.3 Å². The zero-order chi connectivity index (χ0) is 13.7. The van der Waals surface area contributed by atoms with Crippen molar-refractivity contribution in [1.29, 1.82) is 0 Å². The first-order valence-electron chi connectivity index (χ1n) is 6.77. The van der Waals surface area contributed by atoms with E-state index in [2.05, 4.69) is 17.3 Å². The zero-order valence-electron chi connectivity index (χ0n) is 11.3. The van der Waals surface area contributed by atoms with Gasteiger partial charge >= 0.3 is 0 Å². The molecule has 1 amide bonds. The first-order chi connectivity index (χ1) is 9.19. The van der Waals surface area contributed by atoms with Crippen molar-refractivity contribution >= 4 is 5.91 Å². The molecule has 1 aromatic heterocycles. The van der Waals surface area contributed by atoms with Crippen LogP contribution in [-0.2, 0) is 11.3 Å². The van der Waals surface area contributed by atoms with Gasteiger partial charge in [0.1, 0.15) is 5.69 Å². The number of nitrogens with zero attached hydrogens (tertiary/aromatic N) is 1. The molecule has 2 atom stereocenters. The van der Waals surface area contributed by atoms with Gasteiger partial charge in [-0.25, -0.2) is 10.8 Å². The standard InChI is InChI=1S/C14H21N3O2/c1-10-4-2-6-12(8-10)19-9-11-5-3-7-13(16-11)14(18)17-15/h3,5,7,10,12H,2,4,6,8-9,15H2,1H3,(H,17,18). The predicted molar refractivity (Wildman–Crippen MR) is 72.1 cm³/mol. The molecule has 0 saturated heterocycles. The van der Waals surface area contributed by atoms with E-state index in [0.29, 0.717) is 18.4 Å². The lowest BCUT2D eigenvalue weighted by Crippen LogP contribution is -2.31. The van der Waals surface area contributed by atoms with E-state index in [1.54, 1.807) is 12.1 Å². The topological polar surface area (TPSA) is 77.2 Å². The highest BCUT2D eigenvalue weighted by molar-refractivity contribution is 5.91. The van der Waals surface area contributed by atoms with Crippen molar-refractivity contribution < 1.29 is 9.53 Å². The van der Waals surface area contributed by atoms with Gasteiger partial charge in [-0.05, 0) is 30.9 Å². The maximum absolute atomic E-state index is 11.4. The fourth-order valence-corrected chi connectivity index (χ4v) is 2.49. The van der Waals surface area contributed by atoms with Crippen LogP contribution in [0, 0.1) is 5.92 Å². The molecule has 1 aromatic rings. The lowest BCUT2D eigenvalue weighted by Gasteiger charge is -2.26. The molecule has 1 aliphatic carbocycles. The number of hydrogen-bond donors (Lipinski definition) is 2. The molecular weight excluding hydrogens is 242 g/mol. The molecule has 1 fully saturated rings. The summed E-state index contributed by atoms with van der Waals surface area (Å²) in [5.74, 6) is 5.45. The Hall–Kier alpha value is -1.46. The third kappa shape index (κ3) is 4.01. The van der Waals surface area contributed by atoms with Crippen LogP contribution in [-0.4, -0.2) is 17.0 Å². The second-order valence-corrected chi connectivity index (χ2v) is 5.19. The maximum Gasteiger partial charge on any atom is 0.283 e. The van der Waals surface area contributed by atoms with Gasteiger partial charge in [0.25, 0.3) is 5.91 Å². The number of hydrazine groups is 1. The number of nitrogens with one attached hydrogen (secondary N) is 1. The molecule has 0 spiro atoms. The number of carbonyl (C=O) groups excluding carboxylic acids is 1. The number of rotatable bonds is 4. The Labute approximate surface area is 113 Å². The number of nitrogen functional groups attached to an aromatic ring is 1. The highest BCUT2D eigenvalue weighted by atomic mass is 16.5. The number of carbonyl (C=O) groups is 1. The quantitative estimate of drug-likeness (QED) is 0.493. The Kier molecular flexibility index (Phi) is 4.87. The highest BCUT2D eigenvalue weighted by Gasteiger charge is 2.19. The highest BCUT2D eigenvalue weighted by Crippen LogP contribution is 2.26. The molecule has 0 radical (unpaired) electrons. The molecule has 2 unspecified atom stereocenters. The van der Waals surface area contributed by atoms with E-state index in [-0.39, 0.29) is 5.91 Å². The van der Waals surface area contributed by atoms with Gasteiger partial charge in [0.15, 0.2) is 0 Å². The van der Waals surface area contributed by atoms with Crippen LogP contribution in [0.3, 0.4) is 0 Å². The van der Waals surface area contributed by atoms with Crippen molar-refractivity contribution in [1.82, 2.24) is 10.4 Å². The number of aromatic nitrogens is 1. The molecule has 1 aliphatic rings. The van der Waals surface area contributed by atoms with E-state index in [4.69, 9.17) is 10.6 Å². The van der Waals surface area contributed by atoms with Gasteiger partial charge in [-0.2, -0.15) is 0 Å². The van der Waals surface area contributed by atoms with E-state index < -0.39 is 0 Å². The van der Waals surface area contributed by atoms with Gasteiger partial charge in [-0.15, -0.1) is 0 Å². The third-order valence-electron chi connectivity index (χ3n) is 3.53. The molecule has 0 aliphatic heterocycles. The van der Waals surface area contributed by atoms with Crippen LogP contribution >= 0.6 is 0 Å². The molecule has 19 heavy (non-hydrogen) atoms. The molecule has 0 bridgehead atoms. The Morgan fingerprint density at radius 1 is 1.53 bits per heavy atom. The van der Waals surface area contributed by atoms with Crippen LogP contribution in [0.1, 0.15) is 48.8 Å². The SMILES string of the molecule is CC1CCCC(OCc2cccc(C(=O)NN)n2)C1. The minimum absolute atomic E-state index is 0.317. The summed E-state index contributed by atoms with van der Waals surface area (Å²) in [5.41, 5.74) is 3.16. The number of amides is 1. The summed E-state index contributed by atoms with van der Waals surface area (Å²) in [6.45, 7) is 2.71. The molecule has 1 saturated carbocycles. The van der Waals surface area contributed by atoms with E-state index in [1.165, 1.54) is 12.8 Å². The first kappa shape index (κ1) is 14.0. The average molecular weight is 263 g/mol. The summed E-state index contributed by atoms with van der Waals surface area (Å²) in [6, 6.07) is 5.29. The molecule has 1 heterocycles. The predicted octanol–water partition coefficient (Wildman–Crippen LogP) is 1.78. The minimum Gasteiger partial charge on any atom is -0.372 e. The van der Waals surface area contributed by atoms with Gasteiger partial charge in [-0.1, -0.05) is 25.8 Å². The van der Waals surface area contributed by atoms with E-state index in [9.17, 15) is 4.79 Å². The average Bonchev–Trinajstić information content (AvgIpc) is 2.45. The minimum atomic E-state index is -0.381. The molecule has 104 valence electrons. The fraction of sp³-hybridized carbons (Fsp3) is 0.571. The number of hydrogen-bond acceptors (Lipinski definition) is 4. The molecule has 5 heteroatoms. The Morgan fingerprint density at radius 3 is 3.11 bits per heavy atom. The van der Waals surface area contributed by atoms with E-state index in [1.807, 2.05) is 6.07 Å². The van der Waals surface area contributed by atoms with Gasteiger partial charge in [0.05, 0.1) is 18.4 Å². The van der Waals surface area contributed by atoms with Gasteiger partial charge in [0, 0.05) is 0 Å². The summed E-state index contributed by atoms with van der Waals surface area (Å²) < 4.78 is 5.88. The summed E-state index contributed by atoms with van der Waals surface area (Å²) in [4.78, 5) is 15.6. The molecule has 3 N–H and O–H groups in total. The monoisotopic (exact) mass is 263 g/mol. The molecular formula is C14H21N3O2. The van der Waals surface area contributed by atoms with Gasteiger partial charge in [-0.3, -0.25) is 10.2 Å². The lowest BCUT2D eigenvalue weighted by molar-refractivity contribution is 0.00317. The van der Waals surface area contributed by atoms with Crippen molar-refractivity contribution in [2.24, 2.45) is 11.8 Å². The lowest BCUT2D eigenvalue weighted by atomic mass is 9.89. The molecule has 5 nitrogen and oxygen atoms in total. The molecule has 0 aromatic carbocycles. The first-order valence-corrected chi connectivity index (χ1v) is 6.77. The van der Waals surface area contributed by atoms with Crippen LogP contribution in [0.4, 0.5) is 0 Å². The van der Waals surface area contributed by atoms with E-state index in [0.717, 1.165) is 24.5 Å². The Balaban J connectivity index is 1.90. The summed E-state index contributed by atoms with van der Waals surface area (Å²) in [7, 11) is 0. The van der Waals surface area contributed by atoms with Crippen molar-refractivity contribution in [3.63, 3.8) is 0 Å². The zero-order valence-corrected chi connectivity index (χ0v) is 11.3. The van der Waals surface area contributed by atoms with Crippen LogP contribution in [0.2, 0.25) is 0 Å².